The van der Waals surface area contributed by atoms with E-state index in [-0.39, 0.29) is 12.4 Å². The van der Waals surface area contributed by atoms with E-state index < -0.39 is 0 Å². The van der Waals surface area contributed by atoms with Crippen molar-refractivity contribution in [1.29, 1.82) is 0 Å². The Kier molecular flexibility index (Phi) is 4.61. The van der Waals surface area contributed by atoms with E-state index in [1.54, 1.807) is 19.1 Å². The number of hydrogen-bond donors (Lipinski definition) is 1. The Hall–Kier alpha value is -1.23. The highest BCUT2D eigenvalue weighted by molar-refractivity contribution is 9.10. The number of methoxy groups -OCH3 is 1. The van der Waals surface area contributed by atoms with E-state index in [4.69, 9.17) is 15.2 Å². The number of benzene rings is 1. The minimum Gasteiger partial charge on any atom is -0.493 e. The van der Waals surface area contributed by atoms with Gasteiger partial charge in [0.05, 0.1) is 30.3 Å². The Bertz CT molecular complexity index is 393. The zero-order chi connectivity index (χ0) is 12.1. The van der Waals surface area contributed by atoms with Crippen LogP contribution in [0.3, 0.4) is 0 Å². The fourth-order valence-electron chi connectivity index (χ4n) is 1.34. The number of carbonyl (C=O) groups excluding carboxylic acids is 1. The lowest BCUT2D eigenvalue weighted by atomic mass is 10.1. The molecule has 2 N–H and O–H groups in total. The van der Waals surface area contributed by atoms with Crippen LogP contribution in [0.25, 0.3) is 0 Å². The molecule has 0 radical (unpaired) electrons. The summed E-state index contributed by atoms with van der Waals surface area (Å²) in [6, 6.07) is 3.57. The number of carbonyl (C=O) groups is 1. The first-order chi connectivity index (χ1) is 7.60. The van der Waals surface area contributed by atoms with Gasteiger partial charge in [0.25, 0.3) is 0 Å². The molecule has 16 heavy (non-hydrogen) atoms. The van der Waals surface area contributed by atoms with Gasteiger partial charge >= 0.3 is 5.97 Å². The zero-order valence-corrected chi connectivity index (χ0v) is 10.8. The molecule has 0 atom stereocenters. The third-order valence-corrected chi connectivity index (χ3v) is 2.71. The number of ether oxygens (including phenoxy) is 2. The molecule has 1 rings (SSSR count). The number of nitrogens with two attached hydrogens (primary N) is 1. The molecule has 0 unspecified atom stereocenters. The van der Waals surface area contributed by atoms with Crippen LogP contribution >= 0.6 is 15.9 Å². The highest BCUT2D eigenvalue weighted by Crippen LogP contribution is 2.33. The number of halogens is 1. The van der Waals surface area contributed by atoms with Gasteiger partial charge in [0.1, 0.15) is 0 Å². The number of rotatable bonds is 4. The molecule has 5 heteroatoms. The monoisotopic (exact) mass is 287 g/mol. The average Bonchev–Trinajstić information content (AvgIpc) is 2.23. The van der Waals surface area contributed by atoms with E-state index in [0.717, 1.165) is 4.47 Å². The lowest BCUT2D eigenvalue weighted by Gasteiger charge is -2.11. The molecule has 0 saturated carbocycles. The van der Waals surface area contributed by atoms with E-state index in [9.17, 15) is 4.79 Å². The van der Waals surface area contributed by atoms with Gasteiger partial charge in [0, 0.05) is 0 Å². The standard InChI is InChI=1S/C11H14BrNO3/c1-3-16-9(14)6-7-4-5-8(12)11(15-2)10(7)13/h4-5H,3,6,13H2,1-2H3. The van der Waals surface area contributed by atoms with Crippen molar-refractivity contribution >= 4 is 27.6 Å². The molecule has 0 spiro atoms. The van der Waals surface area contributed by atoms with Crippen LogP contribution in [-0.4, -0.2) is 19.7 Å². The predicted octanol–water partition coefficient (Wildman–Crippen LogP) is 2.15. The van der Waals surface area contributed by atoms with Gasteiger partial charge < -0.3 is 15.2 Å². The van der Waals surface area contributed by atoms with Crippen molar-refractivity contribution in [2.45, 2.75) is 13.3 Å². The van der Waals surface area contributed by atoms with Crippen LogP contribution in [-0.2, 0) is 16.0 Å². The second kappa shape index (κ2) is 5.75. The van der Waals surface area contributed by atoms with Crippen molar-refractivity contribution in [3.8, 4) is 5.75 Å². The normalized spacial score (nSPS) is 9.94. The molecule has 0 aliphatic rings. The van der Waals surface area contributed by atoms with Gasteiger partial charge in [0.2, 0.25) is 0 Å². The molecular formula is C11H14BrNO3. The summed E-state index contributed by atoms with van der Waals surface area (Å²) in [6.45, 7) is 2.13. The van der Waals surface area contributed by atoms with Crippen molar-refractivity contribution < 1.29 is 14.3 Å². The van der Waals surface area contributed by atoms with Crippen LogP contribution in [0.15, 0.2) is 16.6 Å². The van der Waals surface area contributed by atoms with Crippen LogP contribution in [0.2, 0.25) is 0 Å². The molecule has 0 fully saturated rings. The van der Waals surface area contributed by atoms with E-state index in [1.807, 2.05) is 0 Å². The quantitative estimate of drug-likeness (QED) is 0.681. The average molecular weight is 288 g/mol. The maximum absolute atomic E-state index is 11.3. The van der Waals surface area contributed by atoms with Crippen LogP contribution in [0.4, 0.5) is 5.69 Å². The maximum atomic E-state index is 11.3. The zero-order valence-electron chi connectivity index (χ0n) is 9.25. The van der Waals surface area contributed by atoms with Crippen molar-refractivity contribution in [2.75, 3.05) is 19.5 Å². The number of esters is 1. The minimum atomic E-state index is -0.293. The van der Waals surface area contributed by atoms with Crippen LogP contribution in [0.5, 0.6) is 5.75 Å². The molecule has 0 bridgehead atoms. The Morgan fingerprint density at radius 1 is 1.50 bits per heavy atom. The third-order valence-electron chi connectivity index (χ3n) is 2.08. The molecule has 0 aliphatic carbocycles. The molecule has 0 aliphatic heterocycles. The summed E-state index contributed by atoms with van der Waals surface area (Å²) in [4.78, 5) is 11.3. The van der Waals surface area contributed by atoms with Crippen LogP contribution < -0.4 is 10.5 Å². The molecule has 0 aromatic heterocycles. The topological polar surface area (TPSA) is 61.5 Å². The Morgan fingerprint density at radius 2 is 2.19 bits per heavy atom. The fraction of sp³-hybridized carbons (Fsp3) is 0.364. The molecule has 4 nitrogen and oxygen atoms in total. The van der Waals surface area contributed by atoms with E-state index >= 15 is 0 Å². The van der Waals surface area contributed by atoms with Crippen molar-refractivity contribution in [2.24, 2.45) is 0 Å². The molecule has 0 heterocycles. The van der Waals surface area contributed by atoms with E-state index in [1.165, 1.54) is 7.11 Å². The van der Waals surface area contributed by atoms with Gasteiger partial charge in [-0.1, -0.05) is 6.07 Å². The van der Waals surface area contributed by atoms with Crippen molar-refractivity contribution in [3.05, 3.63) is 22.2 Å². The summed E-state index contributed by atoms with van der Waals surface area (Å²) in [6.07, 6.45) is 0.156. The molecule has 1 aromatic carbocycles. The smallest absolute Gasteiger partial charge is 0.310 e. The Balaban J connectivity index is 2.93. The SMILES string of the molecule is CCOC(=O)Cc1ccc(Br)c(OC)c1N. The highest BCUT2D eigenvalue weighted by Gasteiger charge is 2.13. The summed E-state index contributed by atoms with van der Waals surface area (Å²) < 4.78 is 10.8. The van der Waals surface area contributed by atoms with E-state index in [2.05, 4.69) is 15.9 Å². The molecule has 0 amide bonds. The highest BCUT2D eigenvalue weighted by atomic mass is 79.9. The van der Waals surface area contributed by atoms with Gasteiger partial charge in [-0.2, -0.15) is 0 Å². The maximum Gasteiger partial charge on any atom is 0.310 e. The number of anilines is 1. The Labute approximate surface area is 103 Å². The third kappa shape index (κ3) is 2.88. The van der Waals surface area contributed by atoms with Crippen molar-refractivity contribution in [3.63, 3.8) is 0 Å². The Morgan fingerprint density at radius 3 is 2.75 bits per heavy atom. The summed E-state index contributed by atoms with van der Waals surface area (Å²) in [5, 5.41) is 0. The first-order valence-electron chi connectivity index (χ1n) is 4.86. The summed E-state index contributed by atoms with van der Waals surface area (Å²) in [5.41, 5.74) is 7.05. The van der Waals surface area contributed by atoms with Crippen LogP contribution in [0.1, 0.15) is 12.5 Å². The van der Waals surface area contributed by atoms with Crippen molar-refractivity contribution in [1.82, 2.24) is 0 Å². The van der Waals surface area contributed by atoms with Gasteiger partial charge in [-0.25, -0.2) is 0 Å². The lowest BCUT2D eigenvalue weighted by Crippen LogP contribution is -2.09. The summed E-state index contributed by atoms with van der Waals surface area (Å²) in [5.74, 6) is 0.250. The van der Waals surface area contributed by atoms with Gasteiger partial charge in [-0.05, 0) is 34.5 Å². The molecule has 88 valence electrons. The van der Waals surface area contributed by atoms with Gasteiger partial charge in [-0.15, -0.1) is 0 Å². The first kappa shape index (κ1) is 12.8. The number of hydrogen-bond acceptors (Lipinski definition) is 4. The largest absolute Gasteiger partial charge is 0.493 e. The van der Waals surface area contributed by atoms with E-state index in [0.29, 0.717) is 23.6 Å². The van der Waals surface area contributed by atoms with Gasteiger partial charge in [0.15, 0.2) is 5.75 Å². The second-order valence-electron chi connectivity index (χ2n) is 3.14. The second-order valence-corrected chi connectivity index (χ2v) is 3.99. The molecule has 0 saturated heterocycles. The number of nitrogen functional groups attached to an aromatic ring is 1. The minimum absolute atomic E-state index is 0.156. The molecular weight excluding hydrogens is 274 g/mol. The molecule has 1 aromatic rings. The predicted molar refractivity (Wildman–Crippen MR) is 65.4 cm³/mol. The summed E-state index contributed by atoms with van der Waals surface area (Å²) in [7, 11) is 1.53. The fourth-order valence-corrected chi connectivity index (χ4v) is 1.85. The first-order valence-corrected chi connectivity index (χ1v) is 5.65. The van der Waals surface area contributed by atoms with Gasteiger partial charge in [-0.3, -0.25) is 4.79 Å². The lowest BCUT2D eigenvalue weighted by molar-refractivity contribution is -0.142. The summed E-state index contributed by atoms with van der Waals surface area (Å²) >= 11 is 3.32. The van der Waals surface area contributed by atoms with Crippen LogP contribution in [0, 0.1) is 0 Å².